The van der Waals surface area contributed by atoms with Crippen LogP contribution in [0.1, 0.15) is 82.1 Å². The van der Waals surface area contributed by atoms with E-state index in [0.717, 1.165) is 69.9 Å². The van der Waals surface area contributed by atoms with Gasteiger partial charge in [-0.1, -0.05) is 48.5 Å². The number of rotatable bonds is 7. The van der Waals surface area contributed by atoms with Crippen LogP contribution in [0.2, 0.25) is 0 Å². The van der Waals surface area contributed by atoms with Crippen LogP contribution in [-0.2, 0) is 22.6 Å². The molecule has 9 nitrogen and oxygen atoms in total. The summed E-state index contributed by atoms with van der Waals surface area (Å²) in [6.07, 6.45) is 5.08. The number of nitrogens with zero attached hydrogens (tertiary/aromatic N) is 4. The molecule has 3 saturated heterocycles. The lowest BCUT2D eigenvalue weighted by molar-refractivity contribution is -0.136. The minimum atomic E-state index is -0.585. The lowest BCUT2D eigenvalue weighted by atomic mass is 9.69. The molecule has 278 valence electrons. The molecule has 4 heterocycles. The Morgan fingerprint density at radius 2 is 1.41 bits per heavy atom. The van der Waals surface area contributed by atoms with Gasteiger partial charge in [-0.15, -0.1) is 0 Å². The smallest absolute Gasteiger partial charge is 0.255 e. The first-order valence-electron chi connectivity index (χ1n) is 19.8. The van der Waals surface area contributed by atoms with Crippen molar-refractivity contribution in [2.75, 3.05) is 55.6 Å². The number of carbonyl (C=O) groups is 3. The molecule has 0 saturated carbocycles. The molecule has 5 aliphatic rings. The summed E-state index contributed by atoms with van der Waals surface area (Å²) >= 11 is 0. The number of phenols is 1. The third-order valence-electron chi connectivity index (χ3n) is 12.8. The topological polar surface area (TPSA) is 96.4 Å². The zero-order chi connectivity index (χ0) is 36.8. The first kappa shape index (κ1) is 34.6. The molecule has 54 heavy (non-hydrogen) atoms. The van der Waals surface area contributed by atoms with E-state index < -0.39 is 6.04 Å². The predicted octanol–water partition coefficient (Wildman–Crippen LogP) is 6.05. The van der Waals surface area contributed by atoms with Crippen molar-refractivity contribution >= 4 is 29.1 Å². The minimum absolute atomic E-state index is 0.121. The average Bonchev–Trinajstić information content (AvgIpc) is 3.53. The van der Waals surface area contributed by atoms with Crippen LogP contribution in [0, 0.1) is 5.92 Å². The van der Waals surface area contributed by atoms with Crippen molar-refractivity contribution in [2.45, 2.75) is 62.9 Å². The standard InChI is InChI=1S/C45H49N5O4/c51-37-12-15-39-33(27-37)8-13-38(31-4-2-1-3-5-31)43(39)32-6-9-35(10-7-32)48-20-18-30(19-21-48)28-47-22-24-49(25-23-47)36-11-14-40-34(26-36)29-50(45(40)54)41-16-17-42(52)46-44(41)53/h1-7,9-12,14-15,26-27,30,38,41,43,51H,8,13,16-25,28-29H2,(H,46,52,53)/t38-,41-,43+/m0/s1. The number of fused-ring (bicyclic) bond motifs is 2. The molecule has 1 aliphatic carbocycles. The van der Waals surface area contributed by atoms with Crippen molar-refractivity contribution in [1.82, 2.24) is 15.1 Å². The molecule has 4 aromatic rings. The Kier molecular flexibility index (Phi) is 9.35. The Labute approximate surface area is 317 Å². The fourth-order valence-electron chi connectivity index (χ4n) is 9.86. The van der Waals surface area contributed by atoms with Gasteiger partial charge < -0.3 is 19.8 Å². The van der Waals surface area contributed by atoms with Crippen molar-refractivity contribution in [3.63, 3.8) is 0 Å². The van der Waals surface area contributed by atoms with Crippen LogP contribution < -0.4 is 15.1 Å². The predicted molar refractivity (Wildman–Crippen MR) is 210 cm³/mol. The molecular weight excluding hydrogens is 675 g/mol. The zero-order valence-electron chi connectivity index (χ0n) is 30.8. The first-order chi connectivity index (χ1) is 26.4. The van der Waals surface area contributed by atoms with E-state index in [1.165, 1.54) is 40.8 Å². The molecule has 0 unspecified atom stereocenters. The van der Waals surface area contributed by atoms with E-state index in [1.807, 2.05) is 24.3 Å². The van der Waals surface area contributed by atoms with E-state index in [4.69, 9.17) is 0 Å². The van der Waals surface area contributed by atoms with E-state index in [0.29, 0.717) is 36.1 Å². The highest BCUT2D eigenvalue weighted by molar-refractivity contribution is 6.05. The summed E-state index contributed by atoms with van der Waals surface area (Å²) in [5, 5.41) is 12.6. The van der Waals surface area contributed by atoms with Gasteiger partial charge in [-0.3, -0.25) is 24.6 Å². The number of amides is 3. The normalized spacial score (nSPS) is 23.7. The number of hydrogen-bond donors (Lipinski definition) is 2. The highest BCUT2D eigenvalue weighted by Gasteiger charge is 2.39. The van der Waals surface area contributed by atoms with Gasteiger partial charge in [-0.2, -0.15) is 0 Å². The Bertz CT molecular complexity index is 2030. The van der Waals surface area contributed by atoms with Crippen molar-refractivity contribution in [2.24, 2.45) is 5.92 Å². The van der Waals surface area contributed by atoms with E-state index in [2.05, 4.69) is 86.7 Å². The summed E-state index contributed by atoms with van der Waals surface area (Å²) in [7, 11) is 0. The van der Waals surface area contributed by atoms with E-state index in [9.17, 15) is 19.5 Å². The Morgan fingerprint density at radius 3 is 2.17 bits per heavy atom. The van der Waals surface area contributed by atoms with E-state index >= 15 is 0 Å². The zero-order valence-corrected chi connectivity index (χ0v) is 30.8. The maximum Gasteiger partial charge on any atom is 0.255 e. The van der Waals surface area contributed by atoms with Gasteiger partial charge >= 0.3 is 0 Å². The fourth-order valence-corrected chi connectivity index (χ4v) is 9.86. The molecule has 0 aromatic heterocycles. The quantitative estimate of drug-likeness (QED) is 0.224. The summed E-state index contributed by atoms with van der Waals surface area (Å²) in [6, 6.07) is 31.7. The second kappa shape index (κ2) is 14.6. The number of anilines is 2. The number of phenolic OH excluding ortho intramolecular Hbond substituents is 1. The number of aryl methyl sites for hydroxylation is 1. The summed E-state index contributed by atoms with van der Waals surface area (Å²) < 4.78 is 0. The molecular formula is C45H49N5O4. The summed E-state index contributed by atoms with van der Waals surface area (Å²) in [6.45, 7) is 7.64. The molecule has 0 bridgehead atoms. The molecule has 9 heteroatoms. The van der Waals surface area contributed by atoms with Gasteiger partial charge in [-0.25, -0.2) is 0 Å². The highest BCUT2D eigenvalue weighted by Crippen LogP contribution is 2.47. The van der Waals surface area contributed by atoms with Gasteiger partial charge in [0.1, 0.15) is 11.8 Å². The van der Waals surface area contributed by atoms with Crippen molar-refractivity contribution < 1.29 is 19.5 Å². The third kappa shape index (κ3) is 6.74. The first-order valence-corrected chi connectivity index (χ1v) is 19.8. The minimum Gasteiger partial charge on any atom is -0.508 e. The lowest BCUT2D eigenvalue weighted by Crippen LogP contribution is -2.52. The number of piperidine rings is 2. The Morgan fingerprint density at radius 1 is 0.667 bits per heavy atom. The highest BCUT2D eigenvalue weighted by atomic mass is 16.3. The average molecular weight is 724 g/mol. The largest absolute Gasteiger partial charge is 0.508 e. The number of piperazine rings is 1. The van der Waals surface area contributed by atoms with Crippen molar-refractivity contribution in [1.29, 1.82) is 0 Å². The Balaban J connectivity index is 0.780. The van der Waals surface area contributed by atoms with Crippen LogP contribution >= 0.6 is 0 Å². The fraction of sp³-hybridized carbons (Fsp3) is 0.400. The second-order valence-corrected chi connectivity index (χ2v) is 16.0. The van der Waals surface area contributed by atoms with E-state index in [1.54, 1.807) is 4.90 Å². The monoisotopic (exact) mass is 723 g/mol. The third-order valence-corrected chi connectivity index (χ3v) is 12.8. The van der Waals surface area contributed by atoms with Gasteiger partial charge in [-0.05, 0) is 114 Å². The maximum atomic E-state index is 13.1. The SMILES string of the molecule is O=C1CC[C@H](N2Cc3cc(N4CCN(CC5CCN(c6ccc([C@H]7c8ccc(O)cc8CC[C@H]7c7ccccc7)cc6)CC5)CC4)ccc3C2=O)C(=O)N1. The van der Waals surface area contributed by atoms with Crippen LogP contribution in [0.5, 0.6) is 5.75 Å². The number of benzene rings is 4. The van der Waals surface area contributed by atoms with Gasteiger partial charge in [0, 0.05) is 81.6 Å². The van der Waals surface area contributed by atoms with Crippen LogP contribution in [0.3, 0.4) is 0 Å². The molecule has 9 rings (SSSR count). The van der Waals surface area contributed by atoms with Crippen LogP contribution in [0.25, 0.3) is 0 Å². The number of nitrogens with one attached hydrogen (secondary N) is 1. The maximum absolute atomic E-state index is 13.1. The number of hydrogen-bond acceptors (Lipinski definition) is 7. The van der Waals surface area contributed by atoms with Crippen LogP contribution in [-0.4, -0.2) is 84.5 Å². The number of carbonyl (C=O) groups excluding carboxylic acids is 3. The van der Waals surface area contributed by atoms with Crippen molar-refractivity contribution in [3.8, 4) is 5.75 Å². The van der Waals surface area contributed by atoms with Crippen LogP contribution in [0.4, 0.5) is 11.4 Å². The van der Waals surface area contributed by atoms with Crippen molar-refractivity contribution in [3.05, 3.63) is 124 Å². The molecule has 0 radical (unpaired) electrons. The molecule has 3 atom stereocenters. The van der Waals surface area contributed by atoms with Gasteiger partial charge in [0.15, 0.2) is 0 Å². The Hall–Kier alpha value is -5.15. The van der Waals surface area contributed by atoms with E-state index in [-0.39, 0.29) is 30.1 Å². The molecule has 2 N–H and O–H groups in total. The van der Waals surface area contributed by atoms with Gasteiger partial charge in [0.2, 0.25) is 11.8 Å². The summed E-state index contributed by atoms with van der Waals surface area (Å²) in [5.74, 6) is 0.955. The number of imide groups is 1. The van der Waals surface area contributed by atoms with Gasteiger partial charge in [0.25, 0.3) is 5.91 Å². The molecule has 3 amide bonds. The molecule has 0 spiro atoms. The van der Waals surface area contributed by atoms with Crippen LogP contribution in [0.15, 0.2) is 91.0 Å². The number of aromatic hydroxyl groups is 1. The lowest BCUT2D eigenvalue weighted by Gasteiger charge is -2.40. The molecule has 4 aliphatic heterocycles. The summed E-state index contributed by atoms with van der Waals surface area (Å²) in [4.78, 5) is 46.5. The summed E-state index contributed by atoms with van der Waals surface area (Å²) in [5.41, 5.74) is 9.39. The van der Waals surface area contributed by atoms with Gasteiger partial charge in [0.05, 0.1) is 0 Å². The second-order valence-electron chi connectivity index (χ2n) is 16.0. The molecule has 3 fully saturated rings. The molecule has 4 aromatic carbocycles.